The number of rotatable bonds is 6. The van der Waals surface area contributed by atoms with Crippen LogP contribution < -0.4 is 10.2 Å². The minimum Gasteiger partial charge on any atom is -0.355 e. The average molecular weight is 378 g/mol. The molecule has 1 N–H and O–H groups in total. The number of aryl methyl sites for hydroxylation is 1. The van der Waals surface area contributed by atoms with Crippen LogP contribution in [-0.2, 0) is 0 Å². The van der Waals surface area contributed by atoms with Crippen molar-refractivity contribution in [2.24, 2.45) is 0 Å². The summed E-state index contributed by atoms with van der Waals surface area (Å²) in [7, 11) is 2.03. The van der Waals surface area contributed by atoms with Gasteiger partial charge in [0.1, 0.15) is 12.7 Å². The molecule has 1 amide bonds. The maximum Gasteiger partial charge on any atom is 0.251 e. The molecule has 0 radical (unpaired) electrons. The Morgan fingerprint density at radius 1 is 1.32 bits per heavy atom. The number of hydrogen-bond donors (Lipinski definition) is 1. The molecule has 1 fully saturated rings. The molecule has 0 spiro atoms. The normalized spacial score (nSPS) is 14.9. The summed E-state index contributed by atoms with van der Waals surface area (Å²) in [6.45, 7) is 6.34. The monoisotopic (exact) mass is 378 g/mol. The summed E-state index contributed by atoms with van der Waals surface area (Å²) in [4.78, 5) is 28.2. The first-order valence-corrected chi connectivity index (χ1v) is 9.82. The lowest BCUT2D eigenvalue weighted by atomic mass is 10.1. The van der Waals surface area contributed by atoms with E-state index < -0.39 is 0 Å². The van der Waals surface area contributed by atoms with E-state index in [4.69, 9.17) is 0 Å². The van der Waals surface area contributed by atoms with E-state index in [1.165, 1.54) is 0 Å². The number of nitrogens with zero attached hydrogens (tertiary/aromatic N) is 5. The number of amides is 1. The van der Waals surface area contributed by atoms with Crippen molar-refractivity contribution in [3.8, 4) is 5.69 Å². The van der Waals surface area contributed by atoms with Crippen LogP contribution in [-0.4, -0.2) is 44.6 Å². The lowest BCUT2D eigenvalue weighted by Crippen LogP contribution is -2.29. The molecule has 1 atom stereocenters. The second kappa shape index (κ2) is 7.22. The van der Waals surface area contributed by atoms with Gasteiger partial charge in [-0.1, -0.05) is 13.0 Å². The van der Waals surface area contributed by atoms with Crippen LogP contribution in [0, 0.1) is 6.92 Å². The minimum absolute atomic E-state index is 0.0278. The van der Waals surface area contributed by atoms with E-state index in [1.807, 2.05) is 36.7 Å². The van der Waals surface area contributed by atoms with Crippen LogP contribution >= 0.6 is 0 Å². The van der Waals surface area contributed by atoms with Crippen molar-refractivity contribution in [3.05, 3.63) is 42.0 Å². The first kappa shape index (κ1) is 18.4. The summed E-state index contributed by atoms with van der Waals surface area (Å²) in [5.74, 6) is 0.790. The molecule has 1 aliphatic carbocycles. The van der Waals surface area contributed by atoms with E-state index in [0.717, 1.165) is 47.5 Å². The summed E-state index contributed by atoms with van der Waals surface area (Å²) >= 11 is 0. The summed E-state index contributed by atoms with van der Waals surface area (Å²) < 4.78 is 1.94. The van der Waals surface area contributed by atoms with Gasteiger partial charge in [-0.15, -0.1) is 0 Å². The Morgan fingerprint density at radius 2 is 2.11 bits per heavy atom. The first-order valence-electron chi connectivity index (χ1n) is 9.82. The van der Waals surface area contributed by atoms with E-state index in [-0.39, 0.29) is 5.91 Å². The molecule has 3 aromatic rings. The second-order valence-corrected chi connectivity index (χ2v) is 7.60. The molecule has 1 saturated carbocycles. The summed E-state index contributed by atoms with van der Waals surface area (Å²) in [5.41, 5.74) is 4.11. The maximum atomic E-state index is 12.5. The van der Waals surface area contributed by atoms with Crippen molar-refractivity contribution >= 4 is 22.9 Å². The number of aromatic nitrogens is 4. The van der Waals surface area contributed by atoms with Gasteiger partial charge in [0, 0.05) is 24.7 Å². The van der Waals surface area contributed by atoms with Crippen molar-refractivity contribution in [3.63, 3.8) is 0 Å². The Bertz CT molecular complexity index is 1020. The molecule has 1 aromatic carbocycles. The zero-order valence-corrected chi connectivity index (χ0v) is 16.8. The average Bonchev–Trinajstić information content (AvgIpc) is 3.42. The molecule has 28 heavy (non-hydrogen) atoms. The van der Waals surface area contributed by atoms with Gasteiger partial charge in [0.2, 0.25) is 0 Å². The first-order chi connectivity index (χ1) is 13.5. The number of fused-ring (bicyclic) bond motifs is 1. The highest BCUT2D eigenvalue weighted by Gasteiger charge is 2.24. The van der Waals surface area contributed by atoms with Crippen LogP contribution in [0.4, 0.5) is 5.82 Å². The summed E-state index contributed by atoms with van der Waals surface area (Å²) in [5, 5.41) is 3.05. The Kier molecular flexibility index (Phi) is 4.75. The largest absolute Gasteiger partial charge is 0.355 e. The molecule has 0 bridgehead atoms. The van der Waals surface area contributed by atoms with Crippen LogP contribution in [0.25, 0.3) is 16.9 Å². The molecule has 7 nitrogen and oxygen atoms in total. The third-order valence-corrected chi connectivity index (χ3v) is 5.54. The van der Waals surface area contributed by atoms with Gasteiger partial charge in [0.15, 0.2) is 17.0 Å². The summed E-state index contributed by atoms with van der Waals surface area (Å²) in [6, 6.07) is 6.43. The fourth-order valence-electron chi connectivity index (χ4n) is 3.25. The van der Waals surface area contributed by atoms with Crippen molar-refractivity contribution in [1.29, 1.82) is 0 Å². The van der Waals surface area contributed by atoms with E-state index >= 15 is 0 Å². The van der Waals surface area contributed by atoms with Gasteiger partial charge in [-0.05, 0) is 50.8 Å². The van der Waals surface area contributed by atoms with Crippen molar-refractivity contribution in [1.82, 2.24) is 24.8 Å². The van der Waals surface area contributed by atoms with E-state index in [9.17, 15) is 4.79 Å². The Hall–Kier alpha value is -2.96. The smallest absolute Gasteiger partial charge is 0.251 e. The molecule has 1 unspecified atom stereocenters. The van der Waals surface area contributed by atoms with E-state index in [0.29, 0.717) is 17.6 Å². The van der Waals surface area contributed by atoms with Gasteiger partial charge in [0.25, 0.3) is 5.91 Å². The highest BCUT2D eigenvalue weighted by Crippen LogP contribution is 2.27. The van der Waals surface area contributed by atoms with Crippen molar-refractivity contribution in [2.75, 3.05) is 11.9 Å². The highest BCUT2D eigenvalue weighted by molar-refractivity contribution is 5.95. The quantitative estimate of drug-likeness (QED) is 0.713. The molecule has 0 saturated heterocycles. The van der Waals surface area contributed by atoms with Gasteiger partial charge >= 0.3 is 0 Å². The number of hydrogen-bond acceptors (Lipinski definition) is 5. The molecule has 146 valence electrons. The van der Waals surface area contributed by atoms with Crippen molar-refractivity contribution in [2.45, 2.75) is 52.1 Å². The standard InChI is InChI=1S/C21H26N6O/c1-5-14(3)26(4)19-18-20(23-11-22-19)27(12-24-18)17-10-15(7-6-13(17)2)21(28)25-16-8-9-16/h6-7,10-12,14,16H,5,8-9H2,1-4H3,(H,25,28). The maximum absolute atomic E-state index is 12.5. The molecule has 2 heterocycles. The number of imidazole rings is 1. The number of carbonyl (C=O) groups is 1. The number of nitrogens with one attached hydrogen (secondary N) is 1. The second-order valence-electron chi connectivity index (χ2n) is 7.60. The highest BCUT2D eigenvalue weighted by atomic mass is 16.1. The topological polar surface area (TPSA) is 75.9 Å². The number of benzene rings is 1. The zero-order valence-electron chi connectivity index (χ0n) is 16.8. The third kappa shape index (κ3) is 3.32. The predicted molar refractivity (Wildman–Crippen MR) is 110 cm³/mol. The fraction of sp³-hybridized carbons (Fsp3) is 0.429. The number of anilines is 1. The number of carbonyl (C=O) groups excluding carboxylic acids is 1. The molecular formula is C21H26N6O. The Morgan fingerprint density at radius 3 is 2.82 bits per heavy atom. The lowest BCUT2D eigenvalue weighted by Gasteiger charge is -2.24. The molecule has 2 aromatic heterocycles. The minimum atomic E-state index is -0.0278. The van der Waals surface area contributed by atoms with Gasteiger partial charge in [-0.3, -0.25) is 9.36 Å². The van der Waals surface area contributed by atoms with Crippen molar-refractivity contribution < 1.29 is 4.79 Å². The lowest BCUT2D eigenvalue weighted by molar-refractivity contribution is 0.0951. The Balaban J connectivity index is 1.76. The van der Waals surface area contributed by atoms with Gasteiger partial charge < -0.3 is 10.2 Å². The van der Waals surface area contributed by atoms with Crippen LogP contribution in [0.3, 0.4) is 0 Å². The van der Waals surface area contributed by atoms with Gasteiger partial charge in [0.05, 0.1) is 5.69 Å². The fourth-order valence-corrected chi connectivity index (χ4v) is 3.25. The van der Waals surface area contributed by atoms with Crippen LogP contribution in [0.5, 0.6) is 0 Å². The van der Waals surface area contributed by atoms with Crippen LogP contribution in [0.15, 0.2) is 30.9 Å². The van der Waals surface area contributed by atoms with Crippen LogP contribution in [0.1, 0.15) is 49.0 Å². The van der Waals surface area contributed by atoms with Gasteiger partial charge in [-0.2, -0.15) is 0 Å². The third-order valence-electron chi connectivity index (χ3n) is 5.54. The van der Waals surface area contributed by atoms with Crippen LogP contribution in [0.2, 0.25) is 0 Å². The zero-order chi connectivity index (χ0) is 19.8. The molecule has 1 aliphatic rings. The molecule has 4 rings (SSSR count). The SMILES string of the molecule is CCC(C)N(C)c1ncnc2c1ncn2-c1cc(C(=O)NC2CC2)ccc1C. The Labute approximate surface area is 164 Å². The van der Waals surface area contributed by atoms with E-state index in [1.54, 1.807) is 12.7 Å². The molecule has 7 heteroatoms. The van der Waals surface area contributed by atoms with E-state index in [2.05, 4.69) is 39.0 Å². The molecule has 0 aliphatic heterocycles. The predicted octanol–water partition coefficient (Wildman–Crippen LogP) is 3.25. The summed E-state index contributed by atoms with van der Waals surface area (Å²) in [6.07, 6.45) is 6.49. The van der Waals surface area contributed by atoms with Gasteiger partial charge in [-0.25, -0.2) is 15.0 Å². The molecular weight excluding hydrogens is 352 g/mol.